The van der Waals surface area contributed by atoms with E-state index in [1.807, 2.05) is 66.7 Å². The second-order valence-electron chi connectivity index (χ2n) is 7.14. The van der Waals surface area contributed by atoms with E-state index in [9.17, 15) is 13.2 Å². The zero-order chi connectivity index (χ0) is 22.0. The third-order valence-corrected chi connectivity index (χ3v) is 6.46. The lowest BCUT2D eigenvalue weighted by molar-refractivity contribution is 0.111. The van der Waals surface area contributed by atoms with Crippen molar-refractivity contribution in [3.05, 3.63) is 95.3 Å². The third-order valence-electron chi connectivity index (χ3n) is 5.01. The van der Waals surface area contributed by atoms with Crippen LogP contribution in [0.25, 0.3) is 22.5 Å². The summed E-state index contributed by atoms with van der Waals surface area (Å²) in [6.45, 7) is 0.134. The molecule has 0 aliphatic carbocycles. The lowest BCUT2D eigenvalue weighted by Crippen LogP contribution is -2.10. The number of aromatic nitrogens is 2. The monoisotopic (exact) mass is 450 g/mol. The van der Waals surface area contributed by atoms with Gasteiger partial charge in [-0.1, -0.05) is 84.4 Å². The zero-order valence-electron chi connectivity index (χ0n) is 16.7. The summed E-state index contributed by atoms with van der Waals surface area (Å²) < 4.78 is 26.9. The van der Waals surface area contributed by atoms with E-state index in [0.717, 1.165) is 16.7 Å². The van der Waals surface area contributed by atoms with E-state index < -0.39 is 9.84 Å². The van der Waals surface area contributed by atoms with Crippen LogP contribution in [0.4, 0.5) is 0 Å². The lowest BCUT2D eigenvalue weighted by Gasteiger charge is -2.14. The van der Waals surface area contributed by atoms with Gasteiger partial charge in [-0.15, -0.1) is 0 Å². The maximum absolute atomic E-state index is 12.6. The van der Waals surface area contributed by atoms with Gasteiger partial charge in [0.05, 0.1) is 11.4 Å². The summed E-state index contributed by atoms with van der Waals surface area (Å²) in [4.78, 5) is 16.3. The van der Waals surface area contributed by atoms with Crippen molar-refractivity contribution < 1.29 is 13.2 Å². The van der Waals surface area contributed by atoms with Crippen molar-refractivity contribution in [2.75, 3.05) is 6.26 Å². The van der Waals surface area contributed by atoms with Gasteiger partial charge in [0.25, 0.3) is 0 Å². The number of hydrogen-bond donors (Lipinski definition) is 0. The molecule has 0 amide bonds. The Bertz CT molecular complexity index is 1350. The van der Waals surface area contributed by atoms with Gasteiger partial charge in [0.1, 0.15) is 11.5 Å². The van der Waals surface area contributed by atoms with Crippen molar-refractivity contribution in [3.63, 3.8) is 0 Å². The van der Waals surface area contributed by atoms with Gasteiger partial charge in [-0.2, -0.15) is 0 Å². The van der Waals surface area contributed by atoms with Crippen molar-refractivity contribution in [1.82, 2.24) is 9.55 Å². The average molecular weight is 451 g/mol. The van der Waals surface area contributed by atoms with Gasteiger partial charge in [-0.05, 0) is 22.8 Å². The fourth-order valence-electron chi connectivity index (χ4n) is 3.53. The zero-order valence-corrected chi connectivity index (χ0v) is 18.3. The Morgan fingerprint density at radius 1 is 0.903 bits per heavy atom. The van der Waals surface area contributed by atoms with E-state index in [-0.39, 0.29) is 22.3 Å². The van der Waals surface area contributed by atoms with Crippen molar-refractivity contribution in [3.8, 4) is 22.5 Å². The number of carbonyl (C=O) groups is 1. The number of rotatable bonds is 6. The minimum absolute atomic E-state index is 0.0793. The Labute approximate surface area is 185 Å². The molecular formula is C24H19ClN2O3S. The summed E-state index contributed by atoms with van der Waals surface area (Å²) in [6, 6.07) is 24.2. The Hall–Kier alpha value is -3.22. The van der Waals surface area contributed by atoms with E-state index in [1.54, 1.807) is 16.7 Å². The van der Waals surface area contributed by atoms with Crippen LogP contribution in [-0.4, -0.2) is 30.5 Å². The highest BCUT2D eigenvalue weighted by Gasteiger charge is 2.21. The van der Waals surface area contributed by atoms with Gasteiger partial charge in [0, 0.05) is 11.8 Å². The Morgan fingerprint density at radius 3 is 2.10 bits per heavy atom. The molecule has 4 aromatic rings. The molecule has 0 saturated carbocycles. The van der Waals surface area contributed by atoms with Crippen molar-refractivity contribution in [2.45, 2.75) is 11.4 Å². The van der Waals surface area contributed by atoms with Crippen molar-refractivity contribution in [1.29, 1.82) is 0 Å². The van der Waals surface area contributed by atoms with Crippen molar-refractivity contribution >= 4 is 27.7 Å². The van der Waals surface area contributed by atoms with E-state index >= 15 is 0 Å². The molecule has 0 atom stereocenters. The quantitative estimate of drug-likeness (QED) is 0.381. The van der Waals surface area contributed by atoms with Crippen LogP contribution in [0.15, 0.2) is 83.8 Å². The Balaban J connectivity index is 1.86. The smallest absolute Gasteiger partial charge is 0.175 e. The summed E-state index contributed by atoms with van der Waals surface area (Å²) in [5.74, 6) is 0.499. The maximum Gasteiger partial charge on any atom is 0.175 e. The standard InChI is InChI=1S/C24H19ClN2O3S/c1-31(29,30)22-14-19(17-8-4-2-5-9-17)12-13-20(22)15-27-21(16-28)23(25)26-24(27)18-10-6-3-7-11-18/h2-14,16H,15H2,1H3. The molecule has 0 aliphatic heterocycles. The summed E-state index contributed by atoms with van der Waals surface area (Å²) in [5, 5.41) is 0.0793. The largest absolute Gasteiger partial charge is 0.316 e. The molecule has 0 bridgehead atoms. The summed E-state index contributed by atoms with van der Waals surface area (Å²) in [5.41, 5.74) is 3.25. The molecular weight excluding hydrogens is 432 g/mol. The van der Waals surface area contributed by atoms with Crippen LogP contribution in [-0.2, 0) is 16.4 Å². The molecule has 0 spiro atoms. The molecule has 3 aromatic carbocycles. The van der Waals surface area contributed by atoms with Crippen LogP contribution in [0.2, 0.25) is 5.15 Å². The van der Waals surface area contributed by atoms with Gasteiger partial charge in [0.2, 0.25) is 0 Å². The fraction of sp³-hybridized carbons (Fsp3) is 0.0833. The van der Waals surface area contributed by atoms with Gasteiger partial charge >= 0.3 is 0 Å². The number of aldehydes is 1. The molecule has 4 rings (SSSR count). The molecule has 0 radical (unpaired) electrons. The molecule has 0 aliphatic rings. The molecule has 1 aromatic heterocycles. The lowest BCUT2D eigenvalue weighted by atomic mass is 10.0. The SMILES string of the molecule is CS(=O)(=O)c1cc(-c2ccccc2)ccc1Cn1c(-c2ccccc2)nc(Cl)c1C=O. The number of imidazole rings is 1. The van der Waals surface area contributed by atoms with Crippen molar-refractivity contribution in [2.24, 2.45) is 0 Å². The molecule has 31 heavy (non-hydrogen) atoms. The van der Waals surface area contributed by atoms with Gasteiger partial charge < -0.3 is 4.57 Å². The number of sulfone groups is 1. The van der Waals surface area contributed by atoms with E-state index in [2.05, 4.69) is 4.98 Å². The van der Waals surface area contributed by atoms with Gasteiger partial charge in [0.15, 0.2) is 21.3 Å². The topological polar surface area (TPSA) is 69.0 Å². The molecule has 1 heterocycles. The highest BCUT2D eigenvalue weighted by atomic mass is 35.5. The van der Waals surface area contributed by atoms with Crippen LogP contribution >= 0.6 is 11.6 Å². The summed E-state index contributed by atoms with van der Waals surface area (Å²) >= 11 is 6.22. The molecule has 0 saturated heterocycles. The Morgan fingerprint density at radius 2 is 1.52 bits per heavy atom. The molecule has 5 nitrogen and oxygen atoms in total. The first-order valence-corrected chi connectivity index (χ1v) is 11.8. The highest BCUT2D eigenvalue weighted by Crippen LogP contribution is 2.30. The van der Waals surface area contributed by atoms with Crippen LogP contribution in [0.1, 0.15) is 16.1 Å². The van der Waals surface area contributed by atoms with E-state index in [1.165, 1.54) is 6.26 Å². The predicted molar refractivity (Wildman–Crippen MR) is 122 cm³/mol. The maximum atomic E-state index is 12.6. The Kier molecular flexibility index (Phi) is 5.76. The molecule has 0 N–H and O–H groups in total. The number of hydrogen-bond acceptors (Lipinski definition) is 4. The van der Waals surface area contributed by atoms with Gasteiger partial charge in [-0.25, -0.2) is 13.4 Å². The average Bonchev–Trinajstić information content (AvgIpc) is 3.09. The van der Waals surface area contributed by atoms with Crippen LogP contribution < -0.4 is 0 Å². The first kappa shape index (κ1) is 21.0. The van der Waals surface area contributed by atoms with Crippen LogP contribution in [0.3, 0.4) is 0 Å². The number of halogens is 1. The van der Waals surface area contributed by atoms with Crippen LogP contribution in [0, 0.1) is 0 Å². The van der Waals surface area contributed by atoms with Crippen LogP contribution in [0.5, 0.6) is 0 Å². The molecule has 0 unspecified atom stereocenters. The third kappa shape index (κ3) is 4.31. The molecule has 7 heteroatoms. The molecule has 0 fully saturated rings. The second kappa shape index (κ2) is 8.49. The fourth-order valence-corrected chi connectivity index (χ4v) is 4.70. The number of benzene rings is 3. The highest BCUT2D eigenvalue weighted by molar-refractivity contribution is 7.90. The minimum atomic E-state index is -3.53. The molecule has 156 valence electrons. The summed E-state index contributed by atoms with van der Waals surface area (Å²) in [7, 11) is -3.53. The minimum Gasteiger partial charge on any atom is -0.316 e. The van der Waals surface area contributed by atoms with Gasteiger partial charge in [-0.3, -0.25) is 4.79 Å². The first-order chi connectivity index (χ1) is 14.9. The van der Waals surface area contributed by atoms with E-state index in [4.69, 9.17) is 11.6 Å². The number of carbonyl (C=O) groups excluding carboxylic acids is 1. The number of nitrogens with zero attached hydrogens (tertiary/aromatic N) is 2. The second-order valence-corrected chi connectivity index (χ2v) is 9.48. The summed E-state index contributed by atoms with van der Waals surface area (Å²) in [6.07, 6.45) is 1.82. The first-order valence-electron chi connectivity index (χ1n) is 9.53. The van der Waals surface area contributed by atoms with E-state index in [0.29, 0.717) is 17.7 Å². The predicted octanol–water partition coefficient (Wildman–Crippen LogP) is 5.13. The normalized spacial score (nSPS) is 11.4.